The van der Waals surface area contributed by atoms with Crippen LogP contribution in [0.3, 0.4) is 0 Å². The zero-order chi connectivity index (χ0) is 17.4. The number of aryl methyl sites for hydroxylation is 1. The van der Waals surface area contributed by atoms with E-state index in [1.807, 2.05) is 41.7 Å². The summed E-state index contributed by atoms with van der Waals surface area (Å²) in [6.45, 7) is 10.2. The van der Waals surface area contributed by atoms with Crippen LogP contribution < -0.4 is 5.32 Å². The number of aromatic nitrogens is 2. The molecule has 0 spiro atoms. The Morgan fingerprint density at radius 3 is 2.52 bits per heavy atom. The minimum atomic E-state index is -0.538. The van der Waals surface area contributed by atoms with E-state index in [1.54, 1.807) is 9.58 Å². The predicted octanol–water partition coefficient (Wildman–Crippen LogP) is 1.85. The standard InChI is InChI=1S/C16H26N4O3/c1-10(2)17-14(21)13-11-9-20(15(22)23-16(3,4)5)8-7-12(11)19(6)18-13/h10H,7-9H2,1-6H3,(H,17,21). The molecule has 0 saturated heterocycles. The maximum Gasteiger partial charge on any atom is 0.410 e. The van der Waals surface area contributed by atoms with Crippen molar-refractivity contribution >= 4 is 12.0 Å². The van der Waals surface area contributed by atoms with Gasteiger partial charge in [-0.2, -0.15) is 5.10 Å². The SMILES string of the molecule is CC(C)NC(=O)c1nn(C)c2c1CN(C(=O)OC(C)(C)C)CC2. The van der Waals surface area contributed by atoms with Gasteiger partial charge < -0.3 is 15.0 Å². The molecule has 7 nitrogen and oxygen atoms in total. The molecular formula is C16H26N4O3. The van der Waals surface area contributed by atoms with E-state index < -0.39 is 5.60 Å². The molecule has 2 amide bonds. The lowest BCUT2D eigenvalue weighted by Gasteiger charge is -2.30. The molecule has 2 heterocycles. The van der Waals surface area contributed by atoms with Crippen molar-refractivity contribution in [2.75, 3.05) is 6.54 Å². The number of nitrogens with one attached hydrogen (secondary N) is 1. The molecule has 1 aliphatic heterocycles. The van der Waals surface area contributed by atoms with Gasteiger partial charge in [-0.25, -0.2) is 4.79 Å². The van der Waals surface area contributed by atoms with Crippen LogP contribution in [0.25, 0.3) is 0 Å². The van der Waals surface area contributed by atoms with Gasteiger partial charge in [0.2, 0.25) is 0 Å². The molecule has 0 bridgehead atoms. The Balaban J connectivity index is 2.22. The second-order valence-corrected chi connectivity index (χ2v) is 7.18. The number of hydrogen-bond acceptors (Lipinski definition) is 4. The number of rotatable bonds is 2. The Kier molecular flexibility index (Phi) is 4.68. The molecule has 0 fully saturated rings. The topological polar surface area (TPSA) is 76.5 Å². The molecule has 0 saturated carbocycles. The molecular weight excluding hydrogens is 296 g/mol. The van der Waals surface area contributed by atoms with Gasteiger partial charge in [0.05, 0.1) is 6.54 Å². The van der Waals surface area contributed by atoms with E-state index in [2.05, 4.69) is 10.4 Å². The second kappa shape index (κ2) is 6.22. The van der Waals surface area contributed by atoms with Gasteiger partial charge in [-0.1, -0.05) is 0 Å². The first kappa shape index (κ1) is 17.3. The van der Waals surface area contributed by atoms with E-state index in [9.17, 15) is 9.59 Å². The van der Waals surface area contributed by atoms with Crippen molar-refractivity contribution in [2.24, 2.45) is 7.05 Å². The van der Waals surface area contributed by atoms with Crippen LogP contribution in [-0.2, 0) is 24.8 Å². The summed E-state index contributed by atoms with van der Waals surface area (Å²) in [5, 5.41) is 7.19. The first-order valence-corrected chi connectivity index (χ1v) is 7.92. The number of fused-ring (bicyclic) bond motifs is 1. The van der Waals surface area contributed by atoms with Crippen LogP contribution >= 0.6 is 0 Å². The smallest absolute Gasteiger partial charge is 0.410 e. The third-order valence-corrected chi connectivity index (χ3v) is 3.53. The highest BCUT2D eigenvalue weighted by Crippen LogP contribution is 2.23. The molecule has 23 heavy (non-hydrogen) atoms. The third kappa shape index (κ3) is 4.03. The van der Waals surface area contributed by atoms with E-state index in [0.29, 0.717) is 25.2 Å². The highest BCUT2D eigenvalue weighted by Gasteiger charge is 2.31. The lowest BCUT2D eigenvalue weighted by molar-refractivity contribution is 0.0221. The number of ether oxygens (including phenoxy) is 1. The van der Waals surface area contributed by atoms with Gasteiger partial charge in [-0.15, -0.1) is 0 Å². The molecule has 1 aromatic heterocycles. The highest BCUT2D eigenvalue weighted by molar-refractivity contribution is 5.94. The van der Waals surface area contributed by atoms with Crippen molar-refractivity contribution in [3.05, 3.63) is 17.0 Å². The first-order chi connectivity index (χ1) is 10.6. The van der Waals surface area contributed by atoms with Gasteiger partial charge in [0.25, 0.3) is 5.91 Å². The van der Waals surface area contributed by atoms with Gasteiger partial charge in [0, 0.05) is 37.3 Å². The largest absolute Gasteiger partial charge is 0.444 e. The molecule has 0 aromatic carbocycles. The molecule has 1 aliphatic rings. The highest BCUT2D eigenvalue weighted by atomic mass is 16.6. The van der Waals surface area contributed by atoms with Crippen LogP contribution in [0.4, 0.5) is 4.79 Å². The van der Waals surface area contributed by atoms with E-state index in [4.69, 9.17) is 4.74 Å². The van der Waals surface area contributed by atoms with Crippen LogP contribution in [-0.4, -0.2) is 44.9 Å². The first-order valence-electron chi connectivity index (χ1n) is 7.92. The molecule has 128 valence electrons. The lowest BCUT2D eigenvalue weighted by Crippen LogP contribution is -2.40. The normalized spacial score (nSPS) is 14.7. The fourth-order valence-corrected chi connectivity index (χ4v) is 2.59. The Morgan fingerprint density at radius 2 is 1.96 bits per heavy atom. The summed E-state index contributed by atoms with van der Waals surface area (Å²) in [5.41, 5.74) is 1.66. The fourth-order valence-electron chi connectivity index (χ4n) is 2.59. The van der Waals surface area contributed by atoms with Gasteiger partial charge in [-0.3, -0.25) is 9.48 Å². The summed E-state index contributed by atoms with van der Waals surface area (Å²) in [6.07, 6.45) is 0.301. The molecule has 0 radical (unpaired) electrons. The average Bonchev–Trinajstić information content (AvgIpc) is 2.73. The molecule has 0 aliphatic carbocycles. The Bertz CT molecular complexity index is 614. The van der Waals surface area contributed by atoms with Crippen molar-refractivity contribution in [1.82, 2.24) is 20.0 Å². The maximum absolute atomic E-state index is 12.3. The minimum Gasteiger partial charge on any atom is -0.444 e. The Morgan fingerprint density at radius 1 is 1.30 bits per heavy atom. The van der Waals surface area contributed by atoms with Gasteiger partial charge >= 0.3 is 6.09 Å². The number of amides is 2. The summed E-state index contributed by atoms with van der Waals surface area (Å²) in [6, 6.07) is 0.0331. The summed E-state index contributed by atoms with van der Waals surface area (Å²) < 4.78 is 7.16. The maximum atomic E-state index is 12.3. The molecule has 1 N–H and O–H groups in total. The fraction of sp³-hybridized carbons (Fsp3) is 0.688. The number of carbonyl (C=O) groups is 2. The van der Waals surface area contributed by atoms with Gasteiger partial charge in [0.15, 0.2) is 5.69 Å². The molecule has 1 aromatic rings. The number of nitrogens with zero attached hydrogens (tertiary/aromatic N) is 3. The van der Waals surface area contributed by atoms with Crippen LogP contribution in [0.2, 0.25) is 0 Å². The van der Waals surface area contributed by atoms with Crippen molar-refractivity contribution in [3.8, 4) is 0 Å². The Hall–Kier alpha value is -2.05. The van der Waals surface area contributed by atoms with Crippen LogP contribution in [0.5, 0.6) is 0 Å². The molecule has 7 heteroatoms. The van der Waals surface area contributed by atoms with E-state index in [-0.39, 0.29) is 18.0 Å². The number of carbonyl (C=O) groups excluding carboxylic acids is 2. The number of hydrogen-bond donors (Lipinski definition) is 1. The summed E-state index contributed by atoms with van der Waals surface area (Å²) in [7, 11) is 1.83. The van der Waals surface area contributed by atoms with E-state index in [1.165, 1.54) is 0 Å². The van der Waals surface area contributed by atoms with Crippen LogP contribution in [0.15, 0.2) is 0 Å². The lowest BCUT2D eigenvalue weighted by atomic mass is 10.0. The monoisotopic (exact) mass is 322 g/mol. The molecule has 0 unspecified atom stereocenters. The Labute approximate surface area is 137 Å². The van der Waals surface area contributed by atoms with Crippen molar-refractivity contribution < 1.29 is 14.3 Å². The van der Waals surface area contributed by atoms with E-state index >= 15 is 0 Å². The summed E-state index contributed by atoms with van der Waals surface area (Å²) in [4.78, 5) is 26.2. The van der Waals surface area contributed by atoms with Crippen molar-refractivity contribution in [2.45, 2.75) is 59.2 Å². The summed E-state index contributed by atoms with van der Waals surface area (Å²) in [5.74, 6) is -0.206. The minimum absolute atomic E-state index is 0.0331. The average molecular weight is 322 g/mol. The second-order valence-electron chi connectivity index (χ2n) is 7.18. The quantitative estimate of drug-likeness (QED) is 0.901. The third-order valence-electron chi connectivity index (χ3n) is 3.53. The molecule has 2 rings (SSSR count). The predicted molar refractivity (Wildman–Crippen MR) is 86.2 cm³/mol. The zero-order valence-corrected chi connectivity index (χ0v) is 14.8. The van der Waals surface area contributed by atoms with Crippen molar-refractivity contribution in [1.29, 1.82) is 0 Å². The van der Waals surface area contributed by atoms with Gasteiger partial charge in [-0.05, 0) is 34.6 Å². The molecule has 0 atom stereocenters. The van der Waals surface area contributed by atoms with Crippen LogP contribution in [0, 0.1) is 0 Å². The summed E-state index contributed by atoms with van der Waals surface area (Å²) >= 11 is 0. The van der Waals surface area contributed by atoms with Crippen LogP contribution in [0.1, 0.15) is 56.4 Å². The van der Waals surface area contributed by atoms with Gasteiger partial charge in [0.1, 0.15) is 5.60 Å². The van der Waals surface area contributed by atoms with E-state index in [0.717, 1.165) is 11.3 Å². The van der Waals surface area contributed by atoms with Crippen molar-refractivity contribution in [3.63, 3.8) is 0 Å². The zero-order valence-electron chi connectivity index (χ0n) is 14.8.